The Kier molecular flexibility index (Phi) is 6.55. The van der Waals surface area contributed by atoms with Crippen molar-refractivity contribution < 1.29 is 13.2 Å². The zero-order chi connectivity index (χ0) is 21.8. The van der Waals surface area contributed by atoms with E-state index >= 15 is 0 Å². The number of sulfonamides is 1. The van der Waals surface area contributed by atoms with Crippen LogP contribution in [-0.4, -0.2) is 31.7 Å². The van der Waals surface area contributed by atoms with Crippen molar-refractivity contribution in [3.05, 3.63) is 71.6 Å². The van der Waals surface area contributed by atoms with Gasteiger partial charge in [-0.25, -0.2) is 8.42 Å². The number of carbonyl (C=O) groups excluding carboxylic acids is 1. The average Bonchev–Trinajstić information content (AvgIpc) is 3.34. The molecule has 0 spiro atoms. The Labute approximate surface area is 187 Å². The molecule has 0 aliphatic heterocycles. The molecule has 1 aromatic heterocycles. The summed E-state index contributed by atoms with van der Waals surface area (Å²) in [4.78, 5) is 14.2. The van der Waals surface area contributed by atoms with Crippen LogP contribution in [0.4, 0.5) is 5.69 Å². The lowest BCUT2D eigenvalue weighted by molar-refractivity contribution is 0.102. The number of anilines is 1. The number of hydrogen-bond donors (Lipinski definition) is 1. The molecule has 1 amide bonds. The number of thiophene rings is 1. The molecule has 0 unspecified atom stereocenters. The van der Waals surface area contributed by atoms with Crippen molar-refractivity contribution in [1.29, 1.82) is 0 Å². The second kappa shape index (κ2) is 9.34. The quantitative estimate of drug-likeness (QED) is 0.526. The highest BCUT2D eigenvalue weighted by atomic mass is 32.2. The van der Waals surface area contributed by atoms with Gasteiger partial charge < -0.3 is 5.32 Å². The van der Waals surface area contributed by atoms with E-state index in [-0.39, 0.29) is 16.8 Å². The van der Waals surface area contributed by atoms with Crippen LogP contribution in [-0.2, 0) is 10.0 Å². The van der Waals surface area contributed by atoms with Crippen molar-refractivity contribution >= 4 is 33.0 Å². The van der Waals surface area contributed by atoms with Crippen LogP contribution in [0.1, 0.15) is 42.5 Å². The number of nitrogens with zero attached hydrogens (tertiary/aromatic N) is 1. The fourth-order valence-electron chi connectivity index (χ4n) is 4.04. The Morgan fingerprint density at radius 3 is 2.52 bits per heavy atom. The zero-order valence-electron chi connectivity index (χ0n) is 17.5. The molecule has 1 aliphatic carbocycles. The number of hydrogen-bond acceptors (Lipinski definition) is 4. The molecule has 0 saturated heterocycles. The van der Waals surface area contributed by atoms with Gasteiger partial charge in [-0.1, -0.05) is 49.6 Å². The molecule has 162 valence electrons. The van der Waals surface area contributed by atoms with E-state index in [0.717, 1.165) is 42.5 Å². The van der Waals surface area contributed by atoms with Gasteiger partial charge in [0.05, 0.1) is 4.90 Å². The molecular formula is C24H26N2O3S2. The molecule has 0 radical (unpaired) electrons. The Hall–Kier alpha value is -2.48. The van der Waals surface area contributed by atoms with Gasteiger partial charge in [-0.2, -0.15) is 4.31 Å². The summed E-state index contributed by atoms with van der Waals surface area (Å²) in [6, 6.07) is 17.9. The largest absolute Gasteiger partial charge is 0.321 e. The molecule has 31 heavy (non-hydrogen) atoms. The number of para-hydroxylation sites is 1. The van der Waals surface area contributed by atoms with Gasteiger partial charge in [0.1, 0.15) is 0 Å². The second-order valence-electron chi connectivity index (χ2n) is 7.82. The van der Waals surface area contributed by atoms with E-state index in [2.05, 4.69) is 5.32 Å². The minimum Gasteiger partial charge on any atom is -0.321 e. The lowest BCUT2D eigenvalue weighted by atomic mass is 9.96. The van der Waals surface area contributed by atoms with Gasteiger partial charge in [0.25, 0.3) is 5.91 Å². The summed E-state index contributed by atoms with van der Waals surface area (Å²) < 4.78 is 27.8. The van der Waals surface area contributed by atoms with Crippen LogP contribution < -0.4 is 5.32 Å². The SMILES string of the molecule is CN(C1CCCCC1)S(=O)(=O)c1cccc(C(=O)Nc2ccccc2-c2cccs2)c1. The van der Waals surface area contributed by atoms with Gasteiger partial charge in [0.2, 0.25) is 10.0 Å². The van der Waals surface area contributed by atoms with Crippen LogP contribution in [0.25, 0.3) is 10.4 Å². The van der Waals surface area contributed by atoms with Crippen molar-refractivity contribution in [2.24, 2.45) is 0 Å². The van der Waals surface area contributed by atoms with Crippen molar-refractivity contribution in [2.45, 2.75) is 43.0 Å². The summed E-state index contributed by atoms with van der Waals surface area (Å²) in [7, 11) is -2.01. The first-order chi connectivity index (χ1) is 15.0. The molecule has 1 fully saturated rings. The lowest BCUT2D eigenvalue weighted by Gasteiger charge is -2.30. The van der Waals surface area contributed by atoms with E-state index in [9.17, 15) is 13.2 Å². The van der Waals surface area contributed by atoms with Gasteiger partial charge >= 0.3 is 0 Å². The number of nitrogens with one attached hydrogen (secondary N) is 1. The second-order valence-corrected chi connectivity index (χ2v) is 10.8. The molecule has 0 bridgehead atoms. The third-order valence-corrected chi connectivity index (χ3v) is 8.63. The monoisotopic (exact) mass is 454 g/mol. The predicted molar refractivity (Wildman–Crippen MR) is 126 cm³/mol. The number of benzene rings is 2. The van der Waals surface area contributed by atoms with Crippen LogP contribution in [0.2, 0.25) is 0 Å². The third-order valence-electron chi connectivity index (χ3n) is 5.82. The summed E-state index contributed by atoms with van der Waals surface area (Å²) in [5.41, 5.74) is 1.95. The first-order valence-electron chi connectivity index (χ1n) is 10.5. The highest BCUT2D eigenvalue weighted by Gasteiger charge is 2.29. The molecule has 3 aromatic rings. The van der Waals surface area contributed by atoms with E-state index in [1.165, 1.54) is 10.4 Å². The minimum absolute atomic E-state index is 0.0221. The molecule has 1 aliphatic rings. The van der Waals surface area contributed by atoms with Crippen molar-refractivity contribution in [1.82, 2.24) is 4.31 Å². The van der Waals surface area contributed by atoms with E-state index in [1.807, 2.05) is 41.8 Å². The normalized spacial score (nSPS) is 15.2. The number of carbonyl (C=O) groups is 1. The summed E-state index contributed by atoms with van der Waals surface area (Å²) >= 11 is 1.60. The molecule has 4 rings (SSSR count). The molecular weight excluding hydrogens is 428 g/mol. The van der Waals surface area contributed by atoms with E-state index in [1.54, 1.807) is 36.6 Å². The molecule has 1 saturated carbocycles. The number of rotatable bonds is 6. The molecule has 7 heteroatoms. The van der Waals surface area contributed by atoms with E-state index in [4.69, 9.17) is 0 Å². The van der Waals surface area contributed by atoms with Crippen LogP contribution in [0, 0.1) is 0 Å². The van der Waals surface area contributed by atoms with Crippen LogP contribution in [0.15, 0.2) is 70.9 Å². The van der Waals surface area contributed by atoms with Crippen molar-refractivity contribution in [3.8, 4) is 10.4 Å². The zero-order valence-corrected chi connectivity index (χ0v) is 19.1. The summed E-state index contributed by atoms with van der Waals surface area (Å²) in [6.07, 6.45) is 5.03. The van der Waals surface area contributed by atoms with Crippen LogP contribution in [0.5, 0.6) is 0 Å². The smallest absolute Gasteiger partial charge is 0.255 e. The Morgan fingerprint density at radius 1 is 1.00 bits per heavy atom. The fraction of sp³-hybridized carbons (Fsp3) is 0.292. The highest BCUT2D eigenvalue weighted by Crippen LogP contribution is 2.32. The maximum atomic E-state index is 13.2. The van der Waals surface area contributed by atoms with Crippen LogP contribution in [0.3, 0.4) is 0 Å². The summed E-state index contributed by atoms with van der Waals surface area (Å²) in [5, 5.41) is 4.94. The average molecular weight is 455 g/mol. The van der Waals surface area contributed by atoms with Gasteiger partial charge in [0.15, 0.2) is 0 Å². The third kappa shape index (κ3) is 4.74. The highest BCUT2D eigenvalue weighted by molar-refractivity contribution is 7.89. The Morgan fingerprint density at radius 2 is 1.77 bits per heavy atom. The predicted octanol–water partition coefficient (Wildman–Crippen LogP) is 5.62. The molecule has 1 heterocycles. The van der Waals surface area contributed by atoms with Crippen molar-refractivity contribution in [3.63, 3.8) is 0 Å². The first-order valence-corrected chi connectivity index (χ1v) is 12.8. The van der Waals surface area contributed by atoms with Gasteiger partial charge in [0, 0.05) is 34.8 Å². The maximum absolute atomic E-state index is 13.2. The number of amides is 1. The minimum atomic E-state index is -3.66. The van der Waals surface area contributed by atoms with Crippen molar-refractivity contribution in [2.75, 3.05) is 12.4 Å². The fourth-order valence-corrected chi connectivity index (χ4v) is 6.27. The van der Waals surface area contributed by atoms with Gasteiger partial charge in [-0.05, 0) is 48.6 Å². The van der Waals surface area contributed by atoms with E-state index < -0.39 is 10.0 Å². The topological polar surface area (TPSA) is 66.5 Å². The lowest BCUT2D eigenvalue weighted by Crippen LogP contribution is -2.38. The molecule has 1 N–H and O–H groups in total. The molecule has 2 aromatic carbocycles. The first kappa shape index (κ1) is 21.7. The summed E-state index contributed by atoms with van der Waals surface area (Å²) in [6.45, 7) is 0. The molecule has 0 atom stereocenters. The Balaban J connectivity index is 1.57. The van der Waals surface area contributed by atoms with Gasteiger partial charge in [-0.15, -0.1) is 11.3 Å². The summed E-state index contributed by atoms with van der Waals surface area (Å²) in [5.74, 6) is -0.332. The van der Waals surface area contributed by atoms with Crippen LogP contribution >= 0.6 is 11.3 Å². The standard InChI is InChI=1S/C24H26N2O3S2/c1-26(19-10-3-2-4-11-19)31(28,29)20-12-7-9-18(17-20)24(27)25-22-14-6-5-13-21(22)23-15-8-16-30-23/h5-9,12-17,19H,2-4,10-11H2,1H3,(H,25,27). The maximum Gasteiger partial charge on any atom is 0.255 e. The molecule has 5 nitrogen and oxygen atoms in total. The van der Waals surface area contributed by atoms with E-state index in [0.29, 0.717) is 11.3 Å². The van der Waals surface area contributed by atoms with Gasteiger partial charge in [-0.3, -0.25) is 4.79 Å². The Bertz CT molecular complexity index is 1150.